The van der Waals surface area contributed by atoms with E-state index in [1.54, 1.807) is 12.2 Å². The molecular weight excluding hydrogens is 284 g/mol. The Kier molecular flexibility index (Phi) is 7.76. The molecule has 0 bridgehead atoms. The molecule has 5 atom stereocenters. The molecule has 0 unspecified atom stereocenters. The Bertz CT molecular complexity index is 404. The van der Waals surface area contributed by atoms with E-state index in [1.807, 2.05) is 0 Å². The summed E-state index contributed by atoms with van der Waals surface area (Å²) in [5.74, 6) is -2.04. The first kappa shape index (κ1) is 18.8. The van der Waals surface area contributed by atoms with E-state index in [9.17, 15) is 19.8 Å². The standard InChI is InChI=1S/C17H28O5/c1-3-4-5-11(2)8-12(18)6-7-13-14(9-17(21)22)16(20)10-15(13)19/h6-7,11-15,18-19H,3-5,8-10H2,1-2H3,(H,21,22)/b7-6+/t11-,12+,13+,14+,15+/m0/s1. The van der Waals surface area contributed by atoms with Gasteiger partial charge in [-0.1, -0.05) is 45.3 Å². The van der Waals surface area contributed by atoms with Crippen molar-refractivity contribution >= 4 is 11.8 Å². The van der Waals surface area contributed by atoms with Crippen LogP contribution in [0.3, 0.4) is 0 Å². The number of carboxylic acids is 1. The quantitative estimate of drug-likeness (QED) is 0.567. The molecule has 1 fully saturated rings. The summed E-state index contributed by atoms with van der Waals surface area (Å²) < 4.78 is 0. The van der Waals surface area contributed by atoms with Gasteiger partial charge in [-0.3, -0.25) is 9.59 Å². The molecule has 5 heteroatoms. The fourth-order valence-electron chi connectivity index (χ4n) is 3.09. The van der Waals surface area contributed by atoms with Crippen LogP contribution in [0.25, 0.3) is 0 Å². The van der Waals surface area contributed by atoms with Crippen LogP contribution in [0.5, 0.6) is 0 Å². The summed E-state index contributed by atoms with van der Waals surface area (Å²) >= 11 is 0. The second-order valence-corrected chi connectivity index (χ2v) is 6.45. The van der Waals surface area contributed by atoms with Crippen LogP contribution in [0.4, 0.5) is 0 Å². The minimum absolute atomic E-state index is 0.00402. The van der Waals surface area contributed by atoms with Crippen molar-refractivity contribution in [2.24, 2.45) is 17.8 Å². The fourth-order valence-corrected chi connectivity index (χ4v) is 3.09. The van der Waals surface area contributed by atoms with Gasteiger partial charge < -0.3 is 15.3 Å². The lowest BCUT2D eigenvalue weighted by Gasteiger charge is -2.17. The minimum Gasteiger partial charge on any atom is -0.481 e. The van der Waals surface area contributed by atoms with Gasteiger partial charge in [0.05, 0.1) is 18.6 Å². The van der Waals surface area contributed by atoms with Crippen LogP contribution < -0.4 is 0 Å². The van der Waals surface area contributed by atoms with E-state index in [4.69, 9.17) is 5.11 Å². The lowest BCUT2D eigenvalue weighted by Crippen LogP contribution is -2.22. The maximum absolute atomic E-state index is 11.8. The Hall–Kier alpha value is -1.20. The summed E-state index contributed by atoms with van der Waals surface area (Å²) in [7, 11) is 0. The van der Waals surface area contributed by atoms with Crippen LogP contribution in [0.2, 0.25) is 0 Å². The van der Waals surface area contributed by atoms with E-state index in [2.05, 4.69) is 13.8 Å². The maximum Gasteiger partial charge on any atom is 0.304 e. The number of hydrogen-bond donors (Lipinski definition) is 3. The van der Waals surface area contributed by atoms with Crippen LogP contribution in [-0.2, 0) is 9.59 Å². The molecule has 0 amide bonds. The molecule has 126 valence electrons. The molecule has 1 aliphatic rings. The topological polar surface area (TPSA) is 94.8 Å². The molecule has 0 aromatic heterocycles. The summed E-state index contributed by atoms with van der Waals surface area (Å²) in [6.45, 7) is 4.22. The monoisotopic (exact) mass is 312 g/mol. The number of Topliss-reactive ketones (excluding diaryl/α,β-unsaturated/α-hetero) is 1. The van der Waals surface area contributed by atoms with Crippen LogP contribution in [0.15, 0.2) is 12.2 Å². The number of carbonyl (C=O) groups is 2. The highest BCUT2D eigenvalue weighted by atomic mass is 16.4. The summed E-state index contributed by atoms with van der Waals surface area (Å²) in [5.41, 5.74) is 0. The van der Waals surface area contributed by atoms with E-state index in [-0.39, 0.29) is 18.6 Å². The molecule has 0 spiro atoms. The van der Waals surface area contributed by atoms with Gasteiger partial charge in [0, 0.05) is 18.3 Å². The highest BCUT2D eigenvalue weighted by molar-refractivity contribution is 5.88. The lowest BCUT2D eigenvalue weighted by molar-refractivity contribution is -0.140. The van der Waals surface area contributed by atoms with Crippen molar-refractivity contribution in [3.05, 3.63) is 12.2 Å². The second kappa shape index (κ2) is 9.06. The van der Waals surface area contributed by atoms with E-state index >= 15 is 0 Å². The number of unbranched alkanes of at least 4 members (excludes halogenated alkanes) is 1. The third kappa shape index (κ3) is 5.89. The van der Waals surface area contributed by atoms with Gasteiger partial charge >= 0.3 is 5.97 Å². The van der Waals surface area contributed by atoms with Crippen molar-refractivity contribution in [2.75, 3.05) is 0 Å². The number of ketones is 1. The third-order valence-electron chi connectivity index (χ3n) is 4.38. The summed E-state index contributed by atoms with van der Waals surface area (Å²) in [5, 5.41) is 28.8. The second-order valence-electron chi connectivity index (χ2n) is 6.45. The van der Waals surface area contributed by atoms with Gasteiger partial charge in [-0.15, -0.1) is 0 Å². The van der Waals surface area contributed by atoms with Crippen molar-refractivity contribution in [2.45, 2.75) is 64.6 Å². The largest absolute Gasteiger partial charge is 0.481 e. The Morgan fingerprint density at radius 3 is 2.73 bits per heavy atom. The molecule has 0 heterocycles. The number of rotatable bonds is 9. The average molecular weight is 312 g/mol. The Morgan fingerprint density at radius 1 is 1.45 bits per heavy atom. The first-order valence-electron chi connectivity index (χ1n) is 8.14. The number of aliphatic hydroxyl groups is 2. The SMILES string of the molecule is CCCC[C@H](C)C[C@H](O)/C=C/[C@H]1[C@H](O)CC(=O)[C@@H]1CC(=O)O. The number of hydrogen-bond acceptors (Lipinski definition) is 4. The first-order valence-corrected chi connectivity index (χ1v) is 8.14. The minimum atomic E-state index is -1.04. The highest BCUT2D eigenvalue weighted by Crippen LogP contribution is 2.33. The highest BCUT2D eigenvalue weighted by Gasteiger charge is 2.41. The van der Waals surface area contributed by atoms with Crippen LogP contribution >= 0.6 is 0 Å². The molecule has 0 aromatic carbocycles. The molecular formula is C17H28O5. The smallest absolute Gasteiger partial charge is 0.304 e. The zero-order chi connectivity index (χ0) is 16.7. The summed E-state index contributed by atoms with van der Waals surface area (Å²) in [4.78, 5) is 22.6. The normalized spacial score (nSPS) is 28.2. The predicted molar refractivity (Wildman–Crippen MR) is 83.3 cm³/mol. The summed E-state index contributed by atoms with van der Waals surface area (Å²) in [6, 6.07) is 0. The van der Waals surface area contributed by atoms with Gasteiger partial charge in [0.25, 0.3) is 0 Å². The van der Waals surface area contributed by atoms with Gasteiger partial charge in [0.2, 0.25) is 0 Å². The van der Waals surface area contributed by atoms with Gasteiger partial charge in [0.1, 0.15) is 5.78 Å². The van der Waals surface area contributed by atoms with Gasteiger partial charge in [-0.25, -0.2) is 0 Å². The molecule has 0 saturated heterocycles. The van der Waals surface area contributed by atoms with Crippen molar-refractivity contribution in [1.82, 2.24) is 0 Å². The van der Waals surface area contributed by atoms with Crippen molar-refractivity contribution < 1.29 is 24.9 Å². The molecule has 22 heavy (non-hydrogen) atoms. The molecule has 1 aliphatic carbocycles. The molecule has 0 aromatic rings. The fraction of sp³-hybridized carbons (Fsp3) is 0.765. The van der Waals surface area contributed by atoms with Crippen molar-refractivity contribution in [3.63, 3.8) is 0 Å². The third-order valence-corrected chi connectivity index (χ3v) is 4.38. The molecule has 0 radical (unpaired) electrons. The van der Waals surface area contributed by atoms with Gasteiger partial charge in [-0.05, 0) is 12.3 Å². The average Bonchev–Trinajstić information content (AvgIpc) is 2.68. The molecule has 0 aliphatic heterocycles. The number of aliphatic hydroxyl groups excluding tert-OH is 2. The number of aliphatic carboxylic acids is 1. The van der Waals surface area contributed by atoms with E-state index < -0.39 is 30.0 Å². The van der Waals surface area contributed by atoms with E-state index in [1.165, 1.54) is 0 Å². The number of carbonyl (C=O) groups excluding carboxylic acids is 1. The molecule has 3 N–H and O–H groups in total. The lowest BCUT2D eigenvalue weighted by atomic mass is 9.90. The van der Waals surface area contributed by atoms with Crippen LogP contribution in [0, 0.1) is 17.8 Å². The Labute approximate surface area is 132 Å². The van der Waals surface area contributed by atoms with Crippen molar-refractivity contribution in [3.8, 4) is 0 Å². The Balaban J connectivity index is 2.57. The van der Waals surface area contributed by atoms with E-state index in [0.717, 1.165) is 19.3 Å². The Morgan fingerprint density at radius 2 is 2.14 bits per heavy atom. The van der Waals surface area contributed by atoms with Gasteiger partial charge in [0.15, 0.2) is 0 Å². The van der Waals surface area contributed by atoms with Gasteiger partial charge in [-0.2, -0.15) is 0 Å². The number of carboxylic acid groups (broad SMARTS) is 1. The summed E-state index contributed by atoms with van der Waals surface area (Å²) in [6.07, 6.45) is 5.44. The zero-order valence-corrected chi connectivity index (χ0v) is 13.4. The predicted octanol–water partition coefficient (Wildman–Crippen LogP) is 2.16. The maximum atomic E-state index is 11.8. The zero-order valence-electron chi connectivity index (χ0n) is 13.4. The van der Waals surface area contributed by atoms with E-state index in [0.29, 0.717) is 12.3 Å². The van der Waals surface area contributed by atoms with Crippen molar-refractivity contribution in [1.29, 1.82) is 0 Å². The molecule has 1 rings (SSSR count). The molecule has 5 nitrogen and oxygen atoms in total. The van der Waals surface area contributed by atoms with Crippen LogP contribution in [-0.4, -0.2) is 39.3 Å². The first-order chi connectivity index (χ1) is 10.3. The van der Waals surface area contributed by atoms with Crippen LogP contribution in [0.1, 0.15) is 52.4 Å². The molecule has 1 saturated carbocycles.